The lowest BCUT2D eigenvalue weighted by atomic mass is 10.2. The average molecular weight is 254 g/mol. The zero-order valence-corrected chi connectivity index (χ0v) is 11.6. The summed E-state index contributed by atoms with van der Waals surface area (Å²) < 4.78 is 5.08. The summed E-state index contributed by atoms with van der Waals surface area (Å²) in [5, 5.41) is 3.99. The van der Waals surface area contributed by atoms with Gasteiger partial charge in [-0.2, -0.15) is 5.10 Å². The quantitative estimate of drug-likeness (QED) is 0.650. The lowest BCUT2D eigenvalue weighted by molar-refractivity contribution is 0.0529. The Hall–Kier alpha value is -1.36. The molecule has 0 atom stereocenters. The SMILES string of the molecule is C/C(=N\NC(=O)OC(C)(C)C)c1ccc(C)s1. The number of thiophene rings is 1. The number of hydrogen-bond donors (Lipinski definition) is 1. The largest absolute Gasteiger partial charge is 0.443 e. The van der Waals surface area contributed by atoms with Gasteiger partial charge in [0.15, 0.2) is 0 Å². The highest BCUT2D eigenvalue weighted by molar-refractivity contribution is 7.14. The Morgan fingerprint density at radius 1 is 1.41 bits per heavy atom. The molecule has 0 aliphatic rings. The van der Waals surface area contributed by atoms with Crippen LogP contribution < -0.4 is 5.43 Å². The van der Waals surface area contributed by atoms with E-state index in [1.807, 2.05) is 46.8 Å². The molecule has 0 saturated heterocycles. The van der Waals surface area contributed by atoms with E-state index in [0.29, 0.717) is 0 Å². The maximum atomic E-state index is 11.4. The van der Waals surface area contributed by atoms with E-state index in [-0.39, 0.29) is 0 Å². The molecule has 0 aliphatic carbocycles. The van der Waals surface area contributed by atoms with Crippen molar-refractivity contribution in [1.82, 2.24) is 5.43 Å². The lowest BCUT2D eigenvalue weighted by Gasteiger charge is -2.18. The molecule has 1 aromatic heterocycles. The average Bonchev–Trinajstić information content (AvgIpc) is 2.58. The first-order valence-electron chi connectivity index (χ1n) is 5.38. The van der Waals surface area contributed by atoms with Gasteiger partial charge < -0.3 is 4.74 Å². The fourth-order valence-electron chi connectivity index (χ4n) is 1.11. The summed E-state index contributed by atoms with van der Waals surface area (Å²) in [6.07, 6.45) is -0.537. The van der Waals surface area contributed by atoms with Crippen LogP contribution in [0, 0.1) is 6.92 Å². The number of nitrogens with one attached hydrogen (secondary N) is 1. The van der Waals surface area contributed by atoms with Gasteiger partial charge in [-0.05, 0) is 46.8 Å². The fourth-order valence-corrected chi connectivity index (χ4v) is 1.93. The van der Waals surface area contributed by atoms with Crippen molar-refractivity contribution in [2.45, 2.75) is 40.2 Å². The van der Waals surface area contributed by atoms with E-state index < -0.39 is 11.7 Å². The number of nitrogens with zero attached hydrogens (tertiary/aromatic N) is 1. The molecule has 0 aromatic carbocycles. The summed E-state index contributed by atoms with van der Waals surface area (Å²) in [5.41, 5.74) is 2.65. The molecule has 0 bridgehead atoms. The Morgan fingerprint density at radius 3 is 2.53 bits per heavy atom. The van der Waals surface area contributed by atoms with Crippen molar-refractivity contribution in [3.8, 4) is 0 Å². The van der Waals surface area contributed by atoms with Gasteiger partial charge in [0.1, 0.15) is 5.60 Å². The molecule has 1 heterocycles. The zero-order valence-electron chi connectivity index (χ0n) is 10.8. The van der Waals surface area contributed by atoms with Gasteiger partial charge in [-0.25, -0.2) is 10.2 Å². The van der Waals surface area contributed by atoms with Crippen LogP contribution in [0.2, 0.25) is 0 Å². The molecular weight excluding hydrogens is 236 g/mol. The Labute approximate surface area is 106 Å². The summed E-state index contributed by atoms with van der Waals surface area (Å²) in [6.45, 7) is 9.31. The van der Waals surface area contributed by atoms with E-state index in [4.69, 9.17) is 4.74 Å². The van der Waals surface area contributed by atoms with Gasteiger partial charge in [0.2, 0.25) is 0 Å². The van der Waals surface area contributed by atoms with Crippen molar-refractivity contribution in [1.29, 1.82) is 0 Å². The minimum atomic E-state index is -0.537. The predicted molar refractivity (Wildman–Crippen MR) is 70.6 cm³/mol. The van der Waals surface area contributed by atoms with Gasteiger partial charge in [0.25, 0.3) is 0 Å². The van der Waals surface area contributed by atoms with E-state index in [1.54, 1.807) is 11.3 Å². The minimum Gasteiger partial charge on any atom is -0.443 e. The molecule has 0 unspecified atom stereocenters. The molecule has 0 aliphatic heterocycles. The van der Waals surface area contributed by atoms with Crippen LogP contribution in [0.3, 0.4) is 0 Å². The topological polar surface area (TPSA) is 50.7 Å². The fraction of sp³-hybridized carbons (Fsp3) is 0.500. The highest BCUT2D eigenvalue weighted by Gasteiger charge is 2.15. The molecule has 1 amide bonds. The predicted octanol–water partition coefficient (Wildman–Crippen LogP) is 3.31. The van der Waals surface area contributed by atoms with Gasteiger partial charge >= 0.3 is 6.09 Å². The van der Waals surface area contributed by atoms with E-state index in [0.717, 1.165) is 10.6 Å². The Morgan fingerprint density at radius 2 is 2.06 bits per heavy atom. The van der Waals surface area contributed by atoms with E-state index in [9.17, 15) is 4.79 Å². The summed E-state index contributed by atoms with van der Waals surface area (Å²) in [4.78, 5) is 13.6. The first kappa shape index (κ1) is 13.7. The van der Waals surface area contributed by atoms with Crippen LogP contribution in [0.25, 0.3) is 0 Å². The van der Waals surface area contributed by atoms with Crippen molar-refractivity contribution in [2.24, 2.45) is 5.10 Å². The summed E-state index contributed by atoms with van der Waals surface area (Å²) >= 11 is 1.64. The van der Waals surface area contributed by atoms with Crippen LogP contribution in [-0.2, 0) is 4.74 Å². The molecule has 5 heteroatoms. The summed E-state index contributed by atoms with van der Waals surface area (Å²) in [5.74, 6) is 0. The third-order valence-corrected chi connectivity index (χ3v) is 2.92. The Balaban J connectivity index is 2.57. The molecule has 0 fully saturated rings. The van der Waals surface area contributed by atoms with Gasteiger partial charge in [-0.1, -0.05) is 0 Å². The Kier molecular flexibility index (Phi) is 4.28. The van der Waals surface area contributed by atoms with Crippen LogP contribution in [-0.4, -0.2) is 17.4 Å². The molecule has 0 radical (unpaired) electrons. The van der Waals surface area contributed by atoms with Gasteiger partial charge in [0.05, 0.1) is 10.6 Å². The highest BCUT2D eigenvalue weighted by Crippen LogP contribution is 2.15. The van der Waals surface area contributed by atoms with Crippen molar-refractivity contribution in [2.75, 3.05) is 0 Å². The molecule has 0 saturated carbocycles. The third kappa shape index (κ3) is 4.99. The van der Waals surface area contributed by atoms with E-state index >= 15 is 0 Å². The third-order valence-electron chi connectivity index (χ3n) is 1.81. The second-order valence-corrected chi connectivity index (χ2v) is 6.01. The maximum absolute atomic E-state index is 11.4. The number of ether oxygens (including phenoxy) is 1. The minimum absolute atomic E-state index is 0.507. The number of amides is 1. The first-order chi connectivity index (χ1) is 7.78. The van der Waals surface area contributed by atoms with Crippen molar-refractivity contribution < 1.29 is 9.53 Å². The zero-order chi connectivity index (χ0) is 13.1. The van der Waals surface area contributed by atoms with Gasteiger partial charge in [-0.3, -0.25) is 0 Å². The summed E-state index contributed by atoms with van der Waals surface area (Å²) in [7, 11) is 0. The molecule has 1 rings (SSSR count). The second-order valence-electron chi connectivity index (χ2n) is 4.72. The van der Waals surface area contributed by atoms with Crippen LogP contribution in [0.4, 0.5) is 4.79 Å². The lowest BCUT2D eigenvalue weighted by Crippen LogP contribution is -2.30. The molecular formula is C12H18N2O2S. The molecule has 94 valence electrons. The van der Waals surface area contributed by atoms with Crippen molar-refractivity contribution >= 4 is 23.1 Å². The molecule has 0 spiro atoms. The number of rotatable bonds is 2. The Bertz CT molecular complexity index is 430. The second kappa shape index (κ2) is 5.31. The highest BCUT2D eigenvalue weighted by atomic mass is 32.1. The van der Waals surface area contributed by atoms with E-state index in [1.165, 1.54) is 4.88 Å². The number of aryl methyl sites for hydroxylation is 1. The number of carbonyl (C=O) groups excluding carboxylic acids is 1. The summed E-state index contributed by atoms with van der Waals surface area (Å²) in [6, 6.07) is 4.00. The number of carbonyl (C=O) groups is 1. The van der Waals surface area contributed by atoms with Crippen LogP contribution >= 0.6 is 11.3 Å². The monoisotopic (exact) mass is 254 g/mol. The van der Waals surface area contributed by atoms with Crippen LogP contribution in [0.5, 0.6) is 0 Å². The number of hydrazone groups is 1. The normalized spacial score (nSPS) is 12.4. The number of hydrogen-bond acceptors (Lipinski definition) is 4. The molecule has 17 heavy (non-hydrogen) atoms. The smallest absolute Gasteiger partial charge is 0.428 e. The van der Waals surface area contributed by atoms with Crippen molar-refractivity contribution in [3.63, 3.8) is 0 Å². The molecule has 4 nitrogen and oxygen atoms in total. The standard InChI is InChI=1S/C12H18N2O2S/c1-8-6-7-10(17-8)9(2)13-14-11(15)16-12(3,4)5/h6-7H,1-5H3,(H,14,15)/b13-9+. The van der Waals surface area contributed by atoms with Gasteiger partial charge in [-0.15, -0.1) is 11.3 Å². The molecule has 1 aromatic rings. The van der Waals surface area contributed by atoms with Gasteiger partial charge in [0, 0.05) is 4.88 Å². The van der Waals surface area contributed by atoms with Crippen LogP contribution in [0.15, 0.2) is 17.2 Å². The first-order valence-corrected chi connectivity index (χ1v) is 6.20. The van der Waals surface area contributed by atoms with Crippen molar-refractivity contribution in [3.05, 3.63) is 21.9 Å². The van der Waals surface area contributed by atoms with E-state index in [2.05, 4.69) is 10.5 Å². The maximum Gasteiger partial charge on any atom is 0.428 e. The van der Waals surface area contributed by atoms with Crippen LogP contribution in [0.1, 0.15) is 37.4 Å². The molecule has 1 N–H and O–H groups in total.